The smallest absolute Gasteiger partial charge is 0.248 e. The van der Waals surface area contributed by atoms with Gasteiger partial charge in [0.2, 0.25) is 23.5 Å². The molecule has 3 aromatic rings. The molecule has 4 rings (SSSR count). The van der Waals surface area contributed by atoms with Crippen LogP contribution in [0.1, 0.15) is 34.7 Å². The zero-order chi connectivity index (χ0) is 21.8. The minimum absolute atomic E-state index is 0.00841. The first kappa shape index (κ1) is 20.7. The fourth-order valence-electron chi connectivity index (χ4n) is 3.65. The predicted molar refractivity (Wildman–Crippen MR) is 116 cm³/mol. The van der Waals surface area contributed by atoms with E-state index in [9.17, 15) is 9.59 Å². The van der Waals surface area contributed by atoms with E-state index >= 15 is 0 Å². The molecule has 1 aliphatic rings. The predicted octanol–water partition coefficient (Wildman–Crippen LogP) is 2.99. The maximum absolute atomic E-state index is 12.6. The number of carbonyl (C=O) groups is 2. The number of nitrogens with two attached hydrogens (primary N) is 1. The van der Waals surface area contributed by atoms with Crippen molar-refractivity contribution in [3.8, 4) is 11.4 Å². The Bertz CT molecular complexity index is 1050. The number of hydrogen-bond donors (Lipinski definition) is 2. The van der Waals surface area contributed by atoms with Gasteiger partial charge >= 0.3 is 0 Å². The Morgan fingerprint density at radius 1 is 1.10 bits per heavy atom. The third-order valence-corrected chi connectivity index (χ3v) is 5.53. The Morgan fingerprint density at radius 2 is 1.77 bits per heavy atom. The van der Waals surface area contributed by atoms with Crippen LogP contribution >= 0.6 is 0 Å². The van der Waals surface area contributed by atoms with Crippen LogP contribution in [0.15, 0.2) is 53.1 Å². The number of anilines is 1. The van der Waals surface area contributed by atoms with E-state index < -0.39 is 5.91 Å². The molecule has 0 radical (unpaired) electrons. The zero-order valence-corrected chi connectivity index (χ0v) is 17.4. The van der Waals surface area contributed by atoms with Crippen molar-refractivity contribution in [1.29, 1.82) is 0 Å². The standard InChI is InChI=1S/C23H25N5O3/c1-15-2-4-17(5-3-15)22-26-20(31-27-22)14-28-12-10-18(11-13-28)23(30)25-19-8-6-16(7-9-19)21(24)29/h2-9,18H,10-14H2,1H3,(H2,24,29)(H,25,30). The summed E-state index contributed by atoms with van der Waals surface area (Å²) in [6.45, 7) is 4.17. The molecule has 8 nitrogen and oxygen atoms in total. The van der Waals surface area contributed by atoms with Gasteiger partial charge in [0.15, 0.2) is 0 Å². The monoisotopic (exact) mass is 419 g/mol. The van der Waals surface area contributed by atoms with Crippen LogP contribution in [-0.2, 0) is 11.3 Å². The lowest BCUT2D eigenvalue weighted by Crippen LogP contribution is -2.37. The van der Waals surface area contributed by atoms with Gasteiger partial charge in [0, 0.05) is 22.7 Å². The molecule has 1 aliphatic heterocycles. The Labute approximate surface area is 180 Å². The summed E-state index contributed by atoms with van der Waals surface area (Å²) in [5.74, 6) is 0.612. The van der Waals surface area contributed by atoms with Gasteiger partial charge in [-0.1, -0.05) is 35.0 Å². The van der Waals surface area contributed by atoms with Gasteiger partial charge < -0.3 is 15.6 Å². The van der Waals surface area contributed by atoms with E-state index in [1.54, 1.807) is 24.3 Å². The quantitative estimate of drug-likeness (QED) is 0.635. The summed E-state index contributed by atoms with van der Waals surface area (Å²) in [5, 5.41) is 7.00. The molecule has 0 bridgehead atoms. The van der Waals surface area contributed by atoms with Crippen LogP contribution in [0.2, 0.25) is 0 Å². The lowest BCUT2D eigenvalue weighted by atomic mass is 9.96. The molecule has 2 aromatic carbocycles. The highest BCUT2D eigenvalue weighted by molar-refractivity contribution is 5.95. The van der Waals surface area contributed by atoms with Crippen LogP contribution in [0.5, 0.6) is 0 Å². The highest BCUT2D eigenvalue weighted by Gasteiger charge is 2.26. The number of nitrogens with zero attached hydrogens (tertiary/aromatic N) is 3. The van der Waals surface area contributed by atoms with E-state index in [-0.39, 0.29) is 11.8 Å². The van der Waals surface area contributed by atoms with Gasteiger partial charge in [-0.05, 0) is 57.1 Å². The van der Waals surface area contributed by atoms with Crippen molar-refractivity contribution in [3.05, 3.63) is 65.5 Å². The van der Waals surface area contributed by atoms with Crippen LogP contribution in [0, 0.1) is 12.8 Å². The summed E-state index contributed by atoms with van der Waals surface area (Å²) in [4.78, 5) is 30.4. The third-order valence-electron chi connectivity index (χ3n) is 5.53. The largest absolute Gasteiger partial charge is 0.366 e. The molecule has 1 aromatic heterocycles. The van der Waals surface area contributed by atoms with E-state index in [1.807, 2.05) is 31.2 Å². The van der Waals surface area contributed by atoms with Crippen LogP contribution in [0.4, 0.5) is 5.69 Å². The van der Waals surface area contributed by atoms with Gasteiger partial charge in [0.05, 0.1) is 6.54 Å². The van der Waals surface area contributed by atoms with E-state index in [4.69, 9.17) is 10.3 Å². The second-order valence-electron chi connectivity index (χ2n) is 7.86. The topological polar surface area (TPSA) is 114 Å². The highest BCUT2D eigenvalue weighted by Crippen LogP contribution is 2.22. The van der Waals surface area contributed by atoms with Gasteiger partial charge in [-0.25, -0.2) is 0 Å². The molecule has 2 amide bonds. The molecule has 0 unspecified atom stereocenters. The van der Waals surface area contributed by atoms with Crippen molar-refractivity contribution in [1.82, 2.24) is 15.0 Å². The SMILES string of the molecule is Cc1ccc(-c2noc(CN3CCC(C(=O)Nc4ccc(C(N)=O)cc4)CC3)n2)cc1. The minimum Gasteiger partial charge on any atom is -0.366 e. The maximum atomic E-state index is 12.6. The summed E-state index contributed by atoms with van der Waals surface area (Å²) in [6, 6.07) is 14.6. The molecule has 2 heterocycles. The number of piperidine rings is 1. The van der Waals surface area contributed by atoms with Crippen molar-refractivity contribution in [2.45, 2.75) is 26.3 Å². The van der Waals surface area contributed by atoms with Gasteiger partial charge in [-0.2, -0.15) is 4.98 Å². The van der Waals surface area contributed by atoms with Crippen molar-refractivity contribution < 1.29 is 14.1 Å². The highest BCUT2D eigenvalue weighted by atomic mass is 16.5. The van der Waals surface area contributed by atoms with Crippen LogP contribution < -0.4 is 11.1 Å². The number of nitrogens with one attached hydrogen (secondary N) is 1. The lowest BCUT2D eigenvalue weighted by Gasteiger charge is -2.30. The van der Waals surface area contributed by atoms with Crippen molar-refractivity contribution in [3.63, 3.8) is 0 Å². The average molecular weight is 419 g/mol. The van der Waals surface area contributed by atoms with Crippen molar-refractivity contribution >= 4 is 17.5 Å². The molecule has 1 fully saturated rings. The molecule has 1 saturated heterocycles. The number of primary amides is 1. The van der Waals surface area contributed by atoms with Gasteiger partial charge in [0.1, 0.15) is 0 Å². The molecule has 3 N–H and O–H groups in total. The average Bonchev–Trinajstić information content (AvgIpc) is 3.23. The Balaban J connectivity index is 1.27. The molecular formula is C23H25N5O3. The molecule has 31 heavy (non-hydrogen) atoms. The summed E-state index contributed by atoms with van der Waals surface area (Å²) in [6.07, 6.45) is 1.51. The number of likely N-dealkylation sites (tertiary alicyclic amines) is 1. The first-order chi connectivity index (χ1) is 15.0. The van der Waals surface area contributed by atoms with Gasteiger partial charge in [0.25, 0.3) is 0 Å². The van der Waals surface area contributed by atoms with Crippen LogP contribution in [0.25, 0.3) is 11.4 Å². The zero-order valence-electron chi connectivity index (χ0n) is 17.4. The Kier molecular flexibility index (Phi) is 6.08. The molecule has 0 saturated carbocycles. The fourth-order valence-corrected chi connectivity index (χ4v) is 3.65. The number of carbonyl (C=O) groups excluding carboxylic acids is 2. The number of benzene rings is 2. The first-order valence-corrected chi connectivity index (χ1v) is 10.3. The van der Waals surface area contributed by atoms with Crippen LogP contribution in [0.3, 0.4) is 0 Å². The maximum Gasteiger partial charge on any atom is 0.248 e. The van der Waals surface area contributed by atoms with E-state index in [2.05, 4.69) is 20.4 Å². The van der Waals surface area contributed by atoms with Crippen LogP contribution in [-0.4, -0.2) is 39.9 Å². The van der Waals surface area contributed by atoms with Gasteiger partial charge in [-0.15, -0.1) is 0 Å². The molecule has 8 heteroatoms. The van der Waals surface area contributed by atoms with E-state index in [1.165, 1.54) is 5.56 Å². The Hall–Kier alpha value is -3.52. The normalized spacial score (nSPS) is 15.0. The Morgan fingerprint density at radius 3 is 2.42 bits per heavy atom. The summed E-state index contributed by atoms with van der Waals surface area (Å²) < 4.78 is 5.42. The summed E-state index contributed by atoms with van der Waals surface area (Å²) in [7, 11) is 0. The van der Waals surface area contributed by atoms with Crippen molar-refractivity contribution in [2.75, 3.05) is 18.4 Å². The number of amides is 2. The molecule has 0 atom stereocenters. The van der Waals surface area contributed by atoms with Gasteiger partial charge in [-0.3, -0.25) is 14.5 Å². The van der Waals surface area contributed by atoms with E-state index in [0.717, 1.165) is 31.5 Å². The molecule has 0 spiro atoms. The fraction of sp³-hybridized carbons (Fsp3) is 0.304. The second kappa shape index (κ2) is 9.09. The summed E-state index contributed by atoms with van der Waals surface area (Å²) in [5.41, 5.74) is 8.43. The number of aryl methyl sites for hydroxylation is 1. The molecule has 160 valence electrons. The van der Waals surface area contributed by atoms with Crippen molar-refractivity contribution in [2.24, 2.45) is 11.7 Å². The first-order valence-electron chi connectivity index (χ1n) is 10.3. The third kappa shape index (κ3) is 5.16. The number of aromatic nitrogens is 2. The minimum atomic E-state index is -0.488. The molecular weight excluding hydrogens is 394 g/mol. The number of rotatable bonds is 6. The lowest BCUT2D eigenvalue weighted by molar-refractivity contribution is -0.121. The number of hydrogen-bond acceptors (Lipinski definition) is 6. The van der Waals surface area contributed by atoms with E-state index in [0.29, 0.717) is 29.5 Å². The molecule has 0 aliphatic carbocycles. The second-order valence-corrected chi connectivity index (χ2v) is 7.86. The summed E-state index contributed by atoms with van der Waals surface area (Å²) >= 11 is 0.